The molecule has 4 heteroatoms. The number of ketones is 1. The lowest BCUT2D eigenvalue weighted by Gasteiger charge is -2.38. The van der Waals surface area contributed by atoms with E-state index in [9.17, 15) is 4.79 Å². The molecular weight excluding hydrogens is 307 g/mol. The Labute approximate surface area is 136 Å². The number of Topliss-reactive ketones (excluding diaryl/α,β-unsaturated/α-hetero) is 1. The highest BCUT2D eigenvalue weighted by atomic mass is 35.5. The number of benzene rings is 1. The molecule has 1 aromatic rings. The van der Waals surface area contributed by atoms with E-state index in [1.807, 2.05) is 13.0 Å². The van der Waals surface area contributed by atoms with Gasteiger partial charge in [0, 0.05) is 23.1 Å². The average molecular weight is 329 g/mol. The number of hydrogen-bond donors (Lipinski definition) is 0. The number of rotatable bonds is 5. The third kappa shape index (κ3) is 4.00. The van der Waals surface area contributed by atoms with Crippen LogP contribution >= 0.6 is 23.2 Å². The molecule has 0 aliphatic heterocycles. The first kappa shape index (κ1) is 16.8. The summed E-state index contributed by atoms with van der Waals surface area (Å²) in [4.78, 5) is 12.8. The maximum Gasteiger partial charge on any atom is 0.169 e. The second-order valence-electron chi connectivity index (χ2n) is 5.95. The molecule has 0 saturated heterocycles. The third-order valence-electron chi connectivity index (χ3n) is 4.38. The Kier molecular flexibility index (Phi) is 5.70. The lowest BCUT2D eigenvalue weighted by Crippen LogP contribution is -2.45. The smallest absolute Gasteiger partial charge is 0.169 e. The number of halogens is 2. The van der Waals surface area contributed by atoms with E-state index in [1.54, 1.807) is 12.1 Å². The Bertz CT molecular complexity index is 506. The molecule has 1 saturated carbocycles. The number of carbonyl (C=O) groups excluding carboxylic acids is 1. The molecule has 0 amide bonds. The minimum absolute atomic E-state index is 0.139. The van der Waals surface area contributed by atoms with E-state index in [0.717, 1.165) is 31.2 Å². The van der Waals surface area contributed by atoms with Gasteiger partial charge in [0.25, 0.3) is 0 Å². The van der Waals surface area contributed by atoms with Crippen LogP contribution in [0.4, 0.5) is 0 Å². The van der Waals surface area contributed by atoms with E-state index in [1.165, 1.54) is 0 Å². The average Bonchev–Trinajstić information content (AvgIpc) is 2.45. The second-order valence-corrected chi connectivity index (χ2v) is 6.79. The van der Waals surface area contributed by atoms with Crippen molar-refractivity contribution >= 4 is 29.0 Å². The first-order chi connectivity index (χ1) is 9.97. The Hall–Kier alpha value is -0.570. The van der Waals surface area contributed by atoms with Gasteiger partial charge in [0.05, 0.1) is 0 Å². The second kappa shape index (κ2) is 7.13. The maximum absolute atomic E-state index is 12.8. The zero-order chi connectivity index (χ0) is 15.5. The van der Waals surface area contributed by atoms with Crippen LogP contribution in [0.2, 0.25) is 10.0 Å². The molecule has 21 heavy (non-hydrogen) atoms. The molecule has 0 atom stereocenters. The van der Waals surface area contributed by atoms with Crippen molar-refractivity contribution in [1.82, 2.24) is 0 Å². The molecule has 0 aromatic heterocycles. The van der Waals surface area contributed by atoms with Crippen LogP contribution in [0.1, 0.15) is 45.1 Å². The molecule has 0 unspecified atom stereocenters. The van der Waals surface area contributed by atoms with E-state index < -0.39 is 5.60 Å². The van der Waals surface area contributed by atoms with Crippen molar-refractivity contribution in [2.24, 2.45) is 5.92 Å². The van der Waals surface area contributed by atoms with Crippen molar-refractivity contribution in [3.8, 4) is 0 Å². The molecule has 1 aliphatic carbocycles. The fourth-order valence-corrected chi connectivity index (χ4v) is 3.48. The minimum Gasteiger partial charge on any atom is -0.367 e. The highest BCUT2D eigenvalue weighted by Crippen LogP contribution is 2.37. The predicted molar refractivity (Wildman–Crippen MR) is 87.2 cm³/mol. The largest absolute Gasteiger partial charge is 0.367 e. The van der Waals surface area contributed by atoms with Gasteiger partial charge in [0.15, 0.2) is 5.78 Å². The standard InChI is InChI=1S/C17H22Cl2O2/c1-3-21-17(8-6-12(2)7-9-17)16(20)10-13-4-5-14(18)11-15(13)19/h4-5,11-12H,3,6-10H2,1-2H3. The molecular formula is C17H22Cl2O2. The van der Waals surface area contributed by atoms with Crippen LogP contribution in [0, 0.1) is 5.92 Å². The van der Waals surface area contributed by atoms with Crippen LogP contribution in [0.25, 0.3) is 0 Å². The van der Waals surface area contributed by atoms with Crippen LogP contribution in [0.15, 0.2) is 18.2 Å². The Morgan fingerprint density at radius 3 is 2.57 bits per heavy atom. The summed E-state index contributed by atoms with van der Waals surface area (Å²) in [5.41, 5.74) is 0.202. The van der Waals surface area contributed by atoms with Gasteiger partial charge < -0.3 is 4.74 Å². The summed E-state index contributed by atoms with van der Waals surface area (Å²) < 4.78 is 5.90. The van der Waals surface area contributed by atoms with Crippen LogP contribution in [-0.4, -0.2) is 18.0 Å². The van der Waals surface area contributed by atoms with Gasteiger partial charge in [-0.3, -0.25) is 4.79 Å². The third-order valence-corrected chi connectivity index (χ3v) is 4.96. The highest BCUT2D eigenvalue weighted by Gasteiger charge is 2.41. The summed E-state index contributed by atoms with van der Waals surface area (Å²) in [5.74, 6) is 0.811. The molecule has 116 valence electrons. The molecule has 0 N–H and O–H groups in total. The number of ether oxygens (including phenoxy) is 1. The van der Waals surface area contributed by atoms with Crippen molar-refractivity contribution in [3.63, 3.8) is 0 Å². The van der Waals surface area contributed by atoms with Gasteiger partial charge in [-0.05, 0) is 56.2 Å². The van der Waals surface area contributed by atoms with E-state index in [2.05, 4.69) is 6.92 Å². The van der Waals surface area contributed by atoms with E-state index in [-0.39, 0.29) is 5.78 Å². The zero-order valence-corrected chi connectivity index (χ0v) is 14.1. The molecule has 2 nitrogen and oxygen atoms in total. The van der Waals surface area contributed by atoms with Gasteiger partial charge in [0.1, 0.15) is 5.60 Å². The lowest BCUT2D eigenvalue weighted by atomic mass is 9.76. The van der Waals surface area contributed by atoms with Gasteiger partial charge in [-0.1, -0.05) is 36.2 Å². The number of hydrogen-bond acceptors (Lipinski definition) is 2. The molecule has 2 rings (SSSR count). The Morgan fingerprint density at radius 2 is 2.00 bits per heavy atom. The summed E-state index contributed by atoms with van der Waals surface area (Å²) in [6.07, 6.45) is 4.02. The van der Waals surface area contributed by atoms with Gasteiger partial charge in [-0.15, -0.1) is 0 Å². The summed E-state index contributed by atoms with van der Waals surface area (Å²) in [5, 5.41) is 1.13. The highest BCUT2D eigenvalue weighted by molar-refractivity contribution is 6.35. The zero-order valence-electron chi connectivity index (χ0n) is 12.6. The van der Waals surface area contributed by atoms with Crippen LogP contribution in [-0.2, 0) is 16.0 Å². The van der Waals surface area contributed by atoms with E-state index in [4.69, 9.17) is 27.9 Å². The fourth-order valence-electron chi connectivity index (χ4n) is 3.01. The van der Waals surface area contributed by atoms with Crippen molar-refractivity contribution in [3.05, 3.63) is 33.8 Å². The summed E-state index contributed by atoms with van der Waals surface area (Å²) in [6.45, 7) is 4.74. The van der Waals surface area contributed by atoms with Gasteiger partial charge >= 0.3 is 0 Å². The van der Waals surface area contributed by atoms with Crippen molar-refractivity contribution in [2.45, 2.75) is 51.6 Å². The van der Waals surface area contributed by atoms with Crippen molar-refractivity contribution < 1.29 is 9.53 Å². The summed E-state index contributed by atoms with van der Waals surface area (Å²) in [7, 11) is 0. The first-order valence-corrected chi connectivity index (χ1v) is 8.33. The lowest BCUT2D eigenvalue weighted by molar-refractivity contribution is -0.149. The summed E-state index contributed by atoms with van der Waals surface area (Å²) in [6, 6.07) is 5.28. The molecule has 0 bridgehead atoms. The van der Waals surface area contributed by atoms with Crippen LogP contribution in [0.3, 0.4) is 0 Å². The van der Waals surface area contributed by atoms with Crippen LogP contribution in [0.5, 0.6) is 0 Å². The molecule has 1 fully saturated rings. The normalized spacial score (nSPS) is 25.8. The van der Waals surface area contributed by atoms with Gasteiger partial charge in [-0.25, -0.2) is 0 Å². The van der Waals surface area contributed by atoms with Crippen molar-refractivity contribution in [2.75, 3.05) is 6.61 Å². The van der Waals surface area contributed by atoms with Gasteiger partial charge in [-0.2, -0.15) is 0 Å². The van der Waals surface area contributed by atoms with Gasteiger partial charge in [0.2, 0.25) is 0 Å². The quantitative estimate of drug-likeness (QED) is 0.752. The molecule has 0 spiro atoms. The fraction of sp³-hybridized carbons (Fsp3) is 0.588. The molecule has 0 radical (unpaired) electrons. The SMILES string of the molecule is CCOC1(C(=O)Cc2ccc(Cl)cc2Cl)CCC(C)CC1. The Morgan fingerprint density at radius 1 is 1.33 bits per heavy atom. The number of carbonyl (C=O) groups is 1. The molecule has 1 aliphatic rings. The van der Waals surface area contributed by atoms with E-state index in [0.29, 0.717) is 29.0 Å². The summed E-state index contributed by atoms with van der Waals surface area (Å²) >= 11 is 12.1. The molecule has 1 aromatic carbocycles. The monoisotopic (exact) mass is 328 g/mol. The minimum atomic E-state index is -0.621. The topological polar surface area (TPSA) is 26.3 Å². The van der Waals surface area contributed by atoms with Crippen LogP contribution < -0.4 is 0 Å². The molecule has 0 heterocycles. The maximum atomic E-state index is 12.8. The first-order valence-electron chi connectivity index (χ1n) is 7.58. The predicted octanol–water partition coefficient (Wildman–Crippen LogP) is 5.09. The Balaban J connectivity index is 2.15. The van der Waals surface area contributed by atoms with Crippen molar-refractivity contribution in [1.29, 1.82) is 0 Å². The van der Waals surface area contributed by atoms with E-state index >= 15 is 0 Å².